The van der Waals surface area contributed by atoms with Crippen molar-refractivity contribution >= 4 is 18.0 Å². The van der Waals surface area contributed by atoms with Crippen molar-refractivity contribution in [3.8, 4) is 0 Å². The lowest BCUT2D eigenvalue weighted by molar-refractivity contribution is -0.135. The summed E-state index contributed by atoms with van der Waals surface area (Å²) in [6.45, 7) is 9.90. The van der Waals surface area contributed by atoms with Crippen LogP contribution in [-0.4, -0.2) is 64.9 Å². The van der Waals surface area contributed by atoms with Crippen LogP contribution < -0.4 is 0 Å². The summed E-state index contributed by atoms with van der Waals surface area (Å²) >= 11 is 0. The Morgan fingerprint density at radius 2 is 1.79 bits per heavy atom. The van der Waals surface area contributed by atoms with Gasteiger partial charge in [0, 0.05) is 32.7 Å². The summed E-state index contributed by atoms with van der Waals surface area (Å²) in [7, 11) is 0. The van der Waals surface area contributed by atoms with Gasteiger partial charge in [-0.2, -0.15) is 0 Å². The molecule has 2 aliphatic rings. The van der Waals surface area contributed by atoms with E-state index in [1.165, 1.54) is 10.5 Å². The molecule has 5 nitrogen and oxygen atoms in total. The summed E-state index contributed by atoms with van der Waals surface area (Å²) in [5, 5.41) is 0. The number of carbonyl (C=O) groups is 2. The lowest BCUT2D eigenvalue weighted by Gasteiger charge is -2.42. The number of likely N-dealkylation sites (tertiary alicyclic amines) is 1. The summed E-state index contributed by atoms with van der Waals surface area (Å²) in [5.41, 5.74) is 0.577. The van der Waals surface area contributed by atoms with Crippen LogP contribution >= 0.6 is 0 Å². The Hall–Kier alpha value is -2.14. The highest BCUT2D eigenvalue weighted by atomic mass is 16.2. The molecule has 3 rings (SSSR count). The van der Waals surface area contributed by atoms with Crippen LogP contribution in [0.3, 0.4) is 0 Å². The molecule has 152 valence electrons. The summed E-state index contributed by atoms with van der Waals surface area (Å²) in [6, 6.07) is 10.2. The smallest absolute Gasteiger partial charge is 0.309 e. The maximum atomic E-state index is 13.1. The normalized spacial score (nSPS) is 20.3. The van der Waals surface area contributed by atoms with Crippen molar-refractivity contribution < 1.29 is 9.59 Å². The molecule has 0 aliphatic carbocycles. The zero-order valence-electron chi connectivity index (χ0n) is 17.4. The molecule has 1 spiro atoms. The number of rotatable bonds is 7. The van der Waals surface area contributed by atoms with Crippen LogP contribution in [-0.2, 0) is 4.79 Å². The van der Waals surface area contributed by atoms with Gasteiger partial charge in [-0.05, 0) is 37.7 Å². The largest absolute Gasteiger partial charge is 0.327 e. The summed E-state index contributed by atoms with van der Waals surface area (Å²) in [6.07, 6.45) is 6.71. The number of nitrogens with zero attached hydrogens (tertiary/aromatic N) is 3. The van der Waals surface area contributed by atoms with E-state index in [0.717, 1.165) is 38.9 Å². The Balaban J connectivity index is 1.64. The summed E-state index contributed by atoms with van der Waals surface area (Å²) in [5.74, 6) is 0.530. The minimum Gasteiger partial charge on any atom is -0.309 e. The molecule has 2 fully saturated rings. The Labute approximate surface area is 169 Å². The molecule has 0 unspecified atom stereocenters. The number of hydrogen-bond acceptors (Lipinski definition) is 3. The molecule has 0 bridgehead atoms. The Morgan fingerprint density at radius 3 is 2.39 bits per heavy atom. The van der Waals surface area contributed by atoms with E-state index in [4.69, 9.17) is 0 Å². The molecule has 1 aromatic carbocycles. The molecule has 2 saturated heterocycles. The Bertz CT molecular complexity index is 706. The van der Waals surface area contributed by atoms with Gasteiger partial charge in [0.2, 0.25) is 0 Å². The van der Waals surface area contributed by atoms with Gasteiger partial charge in [-0.3, -0.25) is 14.6 Å². The van der Waals surface area contributed by atoms with Crippen molar-refractivity contribution in [2.75, 3.05) is 32.7 Å². The highest BCUT2D eigenvalue weighted by Crippen LogP contribution is 2.37. The monoisotopic (exact) mass is 383 g/mol. The van der Waals surface area contributed by atoms with Crippen molar-refractivity contribution in [2.45, 2.75) is 45.6 Å². The van der Waals surface area contributed by atoms with E-state index in [9.17, 15) is 9.59 Å². The van der Waals surface area contributed by atoms with E-state index < -0.39 is 5.54 Å². The molecule has 0 radical (unpaired) electrons. The molecule has 28 heavy (non-hydrogen) atoms. The second kappa shape index (κ2) is 8.91. The van der Waals surface area contributed by atoms with Crippen LogP contribution in [0.2, 0.25) is 0 Å². The lowest BCUT2D eigenvalue weighted by Crippen LogP contribution is -2.56. The molecule has 5 heteroatoms. The fourth-order valence-electron chi connectivity index (χ4n) is 4.25. The molecular weight excluding hydrogens is 350 g/mol. The molecule has 0 aromatic heterocycles. The predicted octanol–water partition coefficient (Wildman–Crippen LogP) is 3.86. The lowest BCUT2D eigenvalue weighted by atomic mass is 9.85. The first-order chi connectivity index (χ1) is 13.5. The van der Waals surface area contributed by atoms with E-state index in [0.29, 0.717) is 19.0 Å². The van der Waals surface area contributed by atoms with Crippen LogP contribution in [0.25, 0.3) is 6.08 Å². The van der Waals surface area contributed by atoms with Crippen LogP contribution in [0.5, 0.6) is 0 Å². The molecule has 0 N–H and O–H groups in total. The number of hydrogen-bond donors (Lipinski definition) is 0. The SMILES string of the molecule is CCN1C(=O)N(CCC(C)C)C2(CCN(C/C=C/c3ccccc3)CC2)C1=O. The second-order valence-electron chi connectivity index (χ2n) is 8.31. The zero-order chi connectivity index (χ0) is 20.1. The quantitative estimate of drug-likeness (QED) is 0.672. The summed E-state index contributed by atoms with van der Waals surface area (Å²) < 4.78 is 0. The molecule has 2 aliphatic heterocycles. The van der Waals surface area contributed by atoms with Gasteiger partial charge in [0.25, 0.3) is 5.91 Å². The topological polar surface area (TPSA) is 43.9 Å². The summed E-state index contributed by atoms with van der Waals surface area (Å²) in [4.78, 5) is 31.7. The first-order valence-corrected chi connectivity index (χ1v) is 10.6. The third-order valence-corrected chi connectivity index (χ3v) is 6.02. The fourth-order valence-corrected chi connectivity index (χ4v) is 4.25. The van der Waals surface area contributed by atoms with Gasteiger partial charge in [0.05, 0.1) is 0 Å². The van der Waals surface area contributed by atoms with Crippen molar-refractivity contribution in [2.24, 2.45) is 5.92 Å². The molecule has 1 aromatic rings. The van der Waals surface area contributed by atoms with Crippen molar-refractivity contribution in [1.29, 1.82) is 0 Å². The molecule has 0 saturated carbocycles. The van der Waals surface area contributed by atoms with Crippen LogP contribution in [0, 0.1) is 5.92 Å². The maximum absolute atomic E-state index is 13.1. The molecule has 0 atom stereocenters. The van der Waals surface area contributed by atoms with E-state index >= 15 is 0 Å². The number of urea groups is 1. The average molecular weight is 384 g/mol. The molecule has 3 amide bonds. The van der Waals surface area contributed by atoms with Gasteiger partial charge in [0.1, 0.15) is 5.54 Å². The number of carbonyl (C=O) groups excluding carboxylic acids is 2. The van der Waals surface area contributed by atoms with Gasteiger partial charge >= 0.3 is 6.03 Å². The minimum absolute atomic E-state index is 0.0169. The maximum Gasteiger partial charge on any atom is 0.327 e. The molecular formula is C23H33N3O2. The number of likely N-dealkylation sites (N-methyl/N-ethyl adjacent to an activating group) is 1. The van der Waals surface area contributed by atoms with Gasteiger partial charge < -0.3 is 4.90 Å². The molecule has 2 heterocycles. The zero-order valence-corrected chi connectivity index (χ0v) is 17.4. The predicted molar refractivity (Wildman–Crippen MR) is 113 cm³/mol. The van der Waals surface area contributed by atoms with E-state index in [1.54, 1.807) is 0 Å². The fraction of sp³-hybridized carbons (Fsp3) is 0.565. The third-order valence-electron chi connectivity index (χ3n) is 6.02. The minimum atomic E-state index is -0.623. The van der Waals surface area contributed by atoms with Crippen molar-refractivity contribution in [1.82, 2.24) is 14.7 Å². The highest BCUT2D eigenvalue weighted by Gasteiger charge is 2.57. The second-order valence-corrected chi connectivity index (χ2v) is 8.31. The van der Waals surface area contributed by atoms with E-state index in [1.807, 2.05) is 30.0 Å². The number of benzene rings is 1. The highest BCUT2D eigenvalue weighted by molar-refractivity contribution is 6.07. The Morgan fingerprint density at radius 1 is 1.11 bits per heavy atom. The van der Waals surface area contributed by atoms with Crippen LogP contribution in [0.4, 0.5) is 4.79 Å². The standard InChI is InChI=1S/C23H33N3O2/c1-4-25-21(27)23(26(22(25)28)16-12-19(2)3)13-17-24(18-14-23)15-8-11-20-9-6-5-7-10-20/h5-11,19H,4,12-18H2,1-3H3/b11-8+. The number of imide groups is 1. The van der Waals surface area contributed by atoms with Crippen molar-refractivity contribution in [3.05, 3.63) is 42.0 Å². The van der Waals surface area contributed by atoms with Gasteiger partial charge in [-0.15, -0.1) is 0 Å². The first-order valence-electron chi connectivity index (χ1n) is 10.6. The third kappa shape index (κ3) is 4.14. The van der Waals surface area contributed by atoms with E-state index in [-0.39, 0.29) is 11.9 Å². The van der Waals surface area contributed by atoms with Crippen molar-refractivity contribution in [3.63, 3.8) is 0 Å². The van der Waals surface area contributed by atoms with Crippen LogP contribution in [0.15, 0.2) is 36.4 Å². The van der Waals surface area contributed by atoms with Gasteiger partial charge in [-0.25, -0.2) is 4.79 Å². The van der Waals surface area contributed by atoms with Crippen LogP contribution in [0.1, 0.15) is 45.6 Å². The van der Waals surface area contributed by atoms with Gasteiger partial charge in [0.15, 0.2) is 0 Å². The average Bonchev–Trinajstić information content (AvgIpc) is 2.88. The first kappa shape index (κ1) is 20.6. The number of piperidine rings is 1. The van der Waals surface area contributed by atoms with Gasteiger partial charge in [-0.1, -0.05) is 56.3 Å². The Kier molecular flexibility index (Phi) is 6.55. The van der Waals surface area contributed by atoms with E-state index in [2.05, 4.69) is 43.0 Å². The number of amides is 3.